The van der Waals surface area contributed by atoms with Gasteiger partial charge in [-0.2, -0.15) is 0 Å². The Morgan fingerprint density at radius 2 is 1.08 bits per heavy atom. The Hall–Kier alpha value is -3.58. The van der Waals surface area contributed by atoms with E-state index in [0.29, 0.717) is 34.1 Å². The SMILES string of the molecule is COc1ccc(OC)c(C(O)CNC(=O)CN)c1.COc1ccc(OC)c(C(O)CNC(=O)CN)c1. The van der Waals surface area contributed by atoms with Gasteiger partial charge in [0, 0.05) is 24.2 Å². The summed E-state index contributed by atoms with van der Waals surface area (Å²) >= 11 is 0. The number of rotatable bonds is 12. The van der Waals surface area contributed by atoms with Crippen LogP contribution in [0.25, 0.3) is 0 Å². The van der Waals surface area contributed by atoms with Crippen molar-refractivity contribution in [2.75, 3.05) is 54.6 Å². The Morgan fingerprint density at radius 3 is 1.36 bits per heavy atom. The number of carbonyl (C=O) groups excluding carboxylic acids is 2. The second kappa shape index (κ2) is 16.2. The van der Waals surface area contributed by atoms with E-state index in [9.17, 15) is 19.8 Å². The molecular formula is C24H36N4O8. The molecule has 0 fully saturated rings. The van der Waals surface area contributed by atoms with Crippen molar-refractivity contribution in [1.29, 1.82) is 0 Å². The molecule has 0 aliphatic rings. The van der Waals surface area contributed by atoms with Gasteiger partial charge in [-0.25, -0.2) is 0 Å². The van der Waals surface area contributed by atoms with Gasteiger partial charge in [0.2, 0.25) is 11.8 Å². The van der Waals surface area contributed by atoms with Crippen LogP contribution in [0.3, 0.4) is 0 Å². The van der Waals surface area contributed by atoms with Crippen molar-refractivity contribution in [2.45, 2.75) is 12.2 Å². The third-order valence-electron chi connectivity index (χ3n) is 4.95. The maximum Gasteiger partial charge on any atom is 0.233 e. The average Bonchev–Trinajstić information content (AvgIpc) is 2.93. The van der Waals surface area contributed by atoms with Crippen LogP contribution in [0.1, 0.15) is 23.3 Å². The van der Waals surface area contributed by atoms with E-state index in [-0.39, 0.29) is 38.0 Å². The molecule has 200 valence electrons. The lowest BCUT2D eigenvalue weighted by molar-refractivity contribution is -0.121. The number of benzene rings is 2. The molecule has 12 heteroatoms. The van der Waals surface area contributed by atoms with E-state index in [2.05, 4.69) is 10.6 Å². The van der Waals surface area contributed by atoms with Gasteiger partial charge in [0.15, 0.2) is 0 Å². The number of hydrogen-bond donors (Lipinski definition) is 6. The molecule has 0 saturated carbocycles. The number of hydrogen-bond acceptors (Lipinski definition) is 10. The molecule has 0 bridgehead atoms. The third-order valence-corrected chi connectivity index (χ3v) is 4.95. The van der Waals surface area contributed by atoms with Gasteiger partial charge in [0.05, 0.1) is 53.7 Å². The minimum atomic E-state index is -0.884. The van der Waals surface area contributed by atoms with Crippen molar-refractivity contribution in [3.05, 3.63) is 47.5 Å². The quantitative estimate of drug-likeness (QED) is 0.221. The average molecular weight is 509 g/mol. The molecule has 0 saturated heterocycles. The summed E-state index contributed by atoms with van der Waals surface area (Å²) in [6.45, 7) is -0.0803. The lowest BCUT2D eigenvalue weighted by Crippen LogP contribution is -2.33. The highest BCUT2D eigenvalue weighted by atomic mass is 16.5. The Bertz CT molecular complexity index is 896. The molecule has 0 radical (unpaired) electrons. The molecule has 2 rings (SSSR count). The predicted molar refractivity (Wildman–Crippen MR) is 133 cm³/mol. The number of nitrogens with two attached hydrogens (primary N) is 2. The van der Waals surface area contributed by atoms with E-state index in [0.717, 1.165) is 0 Å². The predicted octanol–water partition coefficient (Wildman–Crippen LogP) is -0.376. The molecule has 2 unspecified atom stereocenters. The first-order chi connectivity index (χ1) is 17.2. The molecule has 0 aliphatic heterocycles. The normalized spacial score (nSPS) is 11.8. The third kappa shape index (κ3) is 9.58. The summed E-state index contributed by atoms with van der Waals surface area (Å²) in [5.74, 6) is 1.63. The zero-order valence-electron chi connectivity index (χ0n) is 20.9. The molecule has 2 atom stereocenters. The Labute approximate surface area is 210 Å². The topological polar surface area (TPSA) is 188 Å². The number of aliphatic hydroxyl groups excluding tert-OH is 2. The van der Waals surface area contributed by atoms with Gasteiger partial charge in [0.1, 0.15) is 23.0 Å². The van der Waals surface area contributed by atoms with Crippen molar-refractivity contribution < 1.29 is 38.7 Å². The van der Waals surface area contributed by atoms with Crippen LogP contribution in [0.15, 0.2) is 36.4 Å². The van der Waals surface area contributed by atoms with Gasteiger partial charge >= 0.3 is 0 Å². The molecule has 2 aromatic rings. The number of carbonyl (C=O) groups is 2. The van der Waals surface area contributed by atoms with Crippen LogP contribution in [-0.4, -0.2) is 76.6 Å². The number of amides is 2. The number of aliphatic hydroxyl groups is 2. The lowest BCUT2D eigenvalue weighted by atomic mass is 10.1. The van der Waals surface area contributed by atoms with Crippen LogP contribution in [-0.2, 0) is 9.59 Å². The highest BCUT2D eigenvalue weighted by Crippen LogP contribution is 2.30. The first kappa shape index (κ1) is 30.5. The van der Waals surface area contributed by atoms with E-state index < -0.39 is 12.2 Å². The summed E-state index contributed by atoms with van der Waals surface area (Å²) in [7, 11) is 6.09. The van der Waals surface area contributed by atoms with Crippen LogP contribution >= 0.6 is 0 Å². The van der Waals surface area contributed by atoms with E-state index >= 15 is 0 Å². The Morgan fingerprint density at radius 1 is 0.722 bits per heavy atom. The molecule has 0 aromatic heterocycles. The van der Waals surface area contributed by atoms with Crippen LogP contribution < -0.4 is 41.0 Å². The second-order valence-corrected chi connectivity index (χ2v) is 7.26. The fourth-order valence-electron chi connectivity index (χ4n) is 2.98. The second-order valence-electron chi connectivity index (χ2n) is 7.26. The minimum Gasteiger partial charge on any atom is -0.497 e. The van der Waals surface area contributed by atoms with Gasteiger partial charge in [0.25, 0.3) is 0 Å². The van der Waals surface area contributed by atoms with Crippen molar-refractivity contribution in [1.82, 2.24) is 10.6 Å². The fraction of sp³-hybridized carbons (Fsp3) is 0.417. The van der Waals surface area contributed by atoms with E-state index in [1.807, 2.05) is 0 Å². The Balaban J connectivity index is 0.000000360. The number of methoxy groups -OCH3 is 4. The highest BCUT2D eigenvalue weighted by molar-refractivity contribution is 5.78. The van der Waals surface area contributed by atoms with Crippen LogP contribution in [0.4, 0.5) is 0 Å². The summed E-state index contributed by atoms with van der Waals surface area (Å²) in [6, 6.07) is 10.2. The van der Waals surface area contributed by atoms with E-state index in [4.69, 9.17) is 30.4 Å². The molecular weight excluding hydrogens is 472 g/mol. The zero-order chi connectivity index (χ0) is 27.1. The summed E-state index contributed by atoms with van der Waals surface area (Å²) in [6.07, 6.45) is -1.77. The van der Waals surface area contributed by atoms with Crippen LogP contribution in [0.5, 0.6) is 23.0 Å². The standard InChI is InChI=1S/2C12H18N2O4/c2*1-17-8-3-4-11(18-2)9(5-8)10(15)7-14-12(16)6-13/h2*3-5,10,15H,6-7,13H2,1-2H3,(H,14,16). The van der Waals surface area contributed by atoms with Gasteiger partial charge in [-0.05, 0) is 36.4 Å². The lowest BCUT2D eigenvalue weighted by Gasteiger charge is -2.16. The maximum absolute atomic E-state index is 11.0. The monoisotopic (exact) mass is 508 g/mol. The largest absolute Gasteiger partial charge is 0.497 e. The molecule has 2 amide bonds. The summed E-state index contributed by atoms with van der Waals surface area (Å²) in [4.78, 5) is 22.0. The van der Waals surface area contributed by atoms with Crippen molar-refractivity contribution in [3.63, 3.8) is 0 Å². The maximum atomic E-state index is 11.0. The van der Waals surface area contributed by atoms with Gasteiger partial charge < -0.3 is 51.3 Å². The van der Waals surface area contributed by atoms with Crippen molar-refractivity contribution >= 4 is 11.8 Å². The van der Waals surface area contributed by atoms with Crippen molar-refractivity contribution in [3.8, 4) is 23.0 Å². The number of nitrogens with one attached hydrogen (secondary N) is 2. The number of ether oxygens (including phenoxy) is 4. The summed E-state index contributed by atoms with van der Waals surface area (Å²) in [5.41, 5.74) is 11.4. The van der Waals surface area contributed by atoms with Crippen LogP contribution in [0.2, 0.25) is 0 Å². The molecule has 0 heterocycles. The minimum absolute atomic E-state index is 0.0690. The Kier molecular flexibility index (Phi) is 13.7. The highest BCUT2D eigenvalue weighted by Gasteiger charge is 2.16. The molecule has 0 spiro atoms. The molecule has 36 heavy (non-hydrogen) atoms. The summed E-state index contributed by atoms with van der Waals surface area (Å²) < 4.78 is 20.4. The summed E-state index contributed by atoms with van der Waals surface area (Å²) in [5, 5.41) is 25.0. The van der Waals surface area contributed by atoms with Gasteiger partial charge in [-0.15, -0.1) is 0 Å². The fourth-order valence-corrected chi connectivity index (χ4v) is 2.98. The van der Waals surface area contributed by atoms with Gasteiger partial charge in [-0.3, -0.25) is 9.59 Å². The molecule has 12 nitrogen and oxygen atoms in total. The van der Waals surface area contributed by atoms with Gasteiger partial charge in [-0.1, -0.05) is 0 Å². The molecule has 0 aliphatic carbocycles. The first-order valence-electron chi connectivity index (χ1n) is 11.0. The van der Waals surface area contributed by atoms with E-state index in [1.54, 1.807) is 36.4 Å². The van der Waals surface area contributed by atoms with E-state index in [1.165, 1.54) is 28.4 Å². The first-order valence-corrected chi connectivity index (χ1v) is 11.0. The smallest absolute Gasteiger partial charge is 0.233 e. The zero-order valence-corrected chi connectivity index (χ0v) is 20.9. The molecule has 8 N–H and O–H groups in total. The molecule has 2 aromatic carbocycles. The van der Waals surface area contributed by atoms with Crippen molar-refractivity contribution in [2.24, 2.45) is 11.5 Å². The van der Waals surface area contributed by atoms with Crippen LogP contribution in [0, 0.1) is 0 Å².